The highest BCUT2D eigenvalue weighted by Crippen LogP contribution is 2.33. The molecule has 1 aliphatic rings. The van der Waals surface area contributed by atoms with Crippen molar-refractivity contribution in [2.24, 2.45) is 5.73 Å². The molecule has 0 radical (unpaired) electrons. The Labute approximate surface area is 122 Å². The topological polar surface area (TPSA) is 42.1 Å². The summed E-state index contributed by atoms with van der Waals surface area (Å²) in [6.07, 6.45) is 2.39. The third-order valence-corrected chi connectivity index (χ3v) is 4.63. The van der Waals surface area contributed by atoms with Crippen LogP contribution in [0.25, 0.3) is 0 Å². The molecule has 0 spiro atoms. The van der Waals surface area contributed by atoms with Crippen molar-refractivity contribution in [3.8, 4) is 0 Å². The third-order valence-electron chi connectivity index (χ3n) is 3.68. The van der Waals surface area contributed by atoms with Gasteiger partial charge in [0.15, 0.2) is 0 Å². The van der Waals surface area contributed by atoms with E-state index in [0.717, 1.165) is 29.4 Å². The summed E-state index contributed by atoms with van der Waals surface area (Å²) in [6.45, 7) is 2.53. The molecule has 2 aromatic rings. The molecule has 3 nitrogen and oxygen atoms in total. The van der Waals surface area contributed by atoms with Crippen LogP contribution in [0, 0.1) is 5.82 Å². The van der Waals surface area contributed by atoms with Crippen molar-refractivity contribution in [2.75, 3.05) is 13.1 Å². The van der Waals surface area contributed by atoms with E-state index in [1.807, 2.05) is 11.4 Å². The van der Waals surface area contributed by atoms with Gasteiger partial charge in [0.1, 0.15) is 10.8 Å². The number of halogens is 1. The van der Waals surface area contributed by atoms with Crippen LogP contribution < -0.4 is 5.73 Å². The second-order valence-electron chi connectivity index (χ2n) is 5.08. The zero-order chi connectivity index (χ0) is 13.9. The maximum Gasteiger partial charge on any atom is 0.123 e. The largest absolute Gasteiger partial charge is 0.325 e. The van der Waals surface area contributed by atoms with Crippen LogP contribution in [0.1, 0.15) is 35.1 Å². The molecule has 1 aliphatic heterocycles. The molecule has 20 heavy (non-hydrogen) atoms. The monoisotopic (exact) mass is 291 g/mol. The standard InChI is InChI=1S/C15H18FN3S/c16-12-5-3-4-11(8-12)14(19-6-1-2-7-19)15-18-13(9-17)10-20-15/h3-5,8,10,14H,1-2,6-7,9,17H2. The van der Waals surface area contributed by atoms with Gasteiger partial charge in [-0.05, 0) is 43.6 Å². The molecule has 0 bridgehead atoms. The minimum absolute atomic E-state index is 0.0542. The van der Waals surface area contributed by atoms with Crippen molar-refractivity contribution in [3.05, 3.63) is 51.7 Å². The van der Waals surface area contributed by atoms with Crippen LogP contribution >= 0.6 is 11.3 Å². The van der Waals surface area contributed by atoms with Gasteiger partial charge < -0.3 is 5.73 Å². The van der Waals surface area contributed by atoms with E-state index in [-0.39, 0.29) is 11.9 Å². The number of nitrogens with two attached hydrogens (primary N) is 1. The first-order valence-corrected chi connectivity index (χ1v) is 7.80. The van der Waals surface area contributed by atoms with E-state index in [0.29, 0.717) is 6.54 Å². The first-order chi connectivity index (χ1) is 9.78. The molecule has 1 aromatic heterocycles. The number of hydrogen-bond acceptors (Lipinski definition) is 4. The highest BCUT2D eigenvalue weighted by atomic mass is 32.1. The normalized spacial score (nSPS) is 17.5. The van der Waals surface area contributed by atoms with Crippen molar-refractivity contribution >= 4 is 11.3 Å². The summed E-state index contributed by atoms with van der Waals surface area (Å²) in [7, 11) is 0. The van der Waals surface area contributed by atoms with Gasteiger partial charge in [0.2, 0.25) is 0 Å². The molecule has 1 atom stereocenters. The zero-order valence-corrected chi connectivity index (χ0v) is 12.1. The summed E-state index contributed by atoms with van der Waals surface area (Å²) in [5, 5.41) is 3.01. The molecule has 0 aliphatic carbocycles. The summed E-state index contributed by atoms with van der Waals surface area (Å²) in [5.41, 5.74) is 7.53. The van der Waals surface area contributed by atoms with E-state index < -0.39 is 0 Å². The number of thiazole rings is 1. The van der Waals surface area contributed by atoms with Gasteiger partial charge in [-0.15, -0.1) is 11.3 Å². The highest BCUT2D eigenvalue weighted by molar-refractivity contribution is 7.09. The maximum absolute atomic E-state index is 13.5. The Hall–Kier alpha value is -1.30. The quantitative estimate of drug-likeness (QED) is 0.942. The van der Waals surface area contributed by atoms with Crippen LogP contribution in [0.4, 0.5) is 4.39 Å². The van der Waals surface area contributed by atoms with Crippen LogP contribution in [0.5, 0.6) is 0 Å². The molecule has 2 heterocycles. The van der Waals surface area contributed by atoms with Gasteiger partial charge in [0.05, 0.1) is 11.7 Å². The van der Waals surface area contributed by atoms with Crippen LogP contribution in [-0.2, 0) is 6.54 Å². The van der Waals surface area contributed by atoms with Gasteiger partial charge in [-0.3, -0.25) is 4.90 Å². The minimum atomic E-state index is -0.192. The van der Waals surface area contributed by atoms with Crippen LogP contribution in [0.15, 0.2) is 29.6 Å². The summed E-state index contributed by atoms with van der Waals surface area (Å²) in [6, 6.07) is 6.91. The molecule has 0 saturated carbocycles. The Morgan fingerprint density at radius 3 is 2.80 bits per heavy atom. The number of rotatable bonds is 4. The SMILES string of the molecule is NCc1csc(C(c2cccc(F)c2)N2CCCC2)n1. The van der Waals surface area contributed by atoms with E-state index >= 15 is 0 Å². The molecule has 1 saturated heterocycles. The molecule has 1 aromatic carbocycles. The molecule has 1 unspecified atom stereocenters. The number of nitrogens with zero attached hydrogens (tertiary/aromatic N) is 2. The van der Waals surface area contributed by atoms with Gasteiger partial charge >= 0.3 is 0 Å². The number of likely N-dealkylation sites (tertiary alicyclic amines) is 1. The first-order valence-electron chi connectivity index (χ1n) is 6.92. The lowest BCUT2D eigenvalue weighted by molar-refractivity contribution is 0.280. The highest BCUT2D eigenvalue weighted by Gasteiger charge is 2.27. The van der Waals surface area contributed by atoms with Crippen molar-refractivity contribution in [1.82, 2.24) is 9.88 Å². The molecule has 106 valence electrons. The number of benzene rings is 1. The number of hydrogen-bond donors (Lipinski definition) is 1. The molecule has 1 fully saturated rings. The van der Waals surface area contributed by atoms with E-state index in [4.69, 9.17) is 5.73 Å². The Balaban J connectivity index is 1.98. The molecule has 0 amide bonds. The Morgan fingerprint density at radius 1 is 1.35 bits per heavy atom. The molecule has 3 rings (SSSR count). The third kappa shape index (κ3) is 2.75. The summed E-state index contributed by atoms with van der Waals surface area (Å²) >= 11 is 1.61. The van der Waals surface area contributed by atoms with Crippen LogP contribution in [0.3, 0.4) is 0 Å². The fourth-order valence-electron chi connectivity index (χ4n) is 2.73. The molecular formula is C15H18FN3S. The van der Waals surface area contributed by atoms with Crippen LogP contribution in [-0.4, -0.2) is 23.0 Å². The predicted molar refractivity (Wildman–Crippen MR) is 79.1 cm³/mol. The van der Waals surface area contributed by atoms with Crippen molar-refractivity contribution in [1.29, 1.82) is 0 Å². The van der Waals surface area contributed by atoms with Gasteiger partial charge in [0, 0.05) is 11.9 Å². The zero-order valence-electron chi connectivity index (χ0n) is 11.3. The minimum Gasteiger partial charge on any atom is -0.325 e. The Bertz CT molecular complexity index is 578. The summed E-state index contributed by atoms with van der Waals surface area (Å²) < 4.78 is 13.5. The van der Waals surface area contributed by atoms with Crippen molar-refractivity contribution in [3.63, 3.8) is 0 Å². The number of aromatic nitrogens is 1. The molecular weight excluding hydrogens is 273 g/mol. The lowest BCUT2D eigenvalue weighted by atomic mass is 10.1. The second-order valence-corrected chi connectivity index (χ2v) is 5.97. The Morgan fingerprint density at radius 2 is 2.15 bits per heavy atom. The van der Waals surface area contributed by atoms with E-state index in [1.54, 1.807) is 23.5 Å². The lowest BCUT2D eigenvalue weighted by Gasteiger charge is -2.26. The predicted octanol–water partition coefficient (Wildman–Crippen LogP) is 2.93. The second kappa shape index (κ2) is 5.99. The smallest absolute Gasteiger partial charge is 0.123 e. The molecule has 2 N–H and O–H groups in total. The van der Waals surface area contributed by atoms with Gasteiger partial charge in [-0.2, -0.15) is 0 Å². The van der Waals surface area contributed by atoms with Crippen molar-refractivity contribution in [2.45, 2.75) is 25.4 Å². The van der Waals surface area contributed by atoms with Gasteiger partial charge in [-0.1, -0.05) is 12.1 Å². The first kappa shape index (κ1) is 13.7. The van der Waals surface area contributed by atoms with E-state index in [9.17, 15) is 4.39 Å². The summed E-state index contributed by atoms with van der Waals surface area (Å²) in [4.78, 5) is 6.99. The van der Waals surface area contributed by atoms with Crippen molar-refractivity contribution < 1.29 is 4.39 Å². The maximum atomic E-state index is 13.5. The van der Waals surface area contributed by atoms with E-state index in [1.165, 1.54) is 18.9 Å². The van der Waals surface area contributed by atoms with Gasteiger partial charge in [-0.25, -0.2) is 9.37 Å². The fraction of sp³-hybridized carbons (Fsp3) is 0.400. The fourth-order valence-corrected chi connectivity index (χ4v) is 3.72. The Kier molecular flexibility index (Phi) is 4.10. The van der Waals surface area contributed by atoms with E-state index in [2.05, 4.69) is 9.88 Å². The van der Waals surface area contributed by atoms with Gasteiger partial charge in [0.25, 0.3) is 0 Å². The average molecular weight is 291 g/mol. The summed E-state index contributed by atoms with van der Waals surface area (Å²) in [5.74, 6) is -0.192. The molecule has 5 heteroatoms. The lowest BCUT2D eigenvalue weighted by Crippen LogP contribution is -2.26. The van der Waals surface area contributed by atoms with Crippen LogP contribution in [0.2, 0.25) is 0 Å². The average Bonchev–Trinajstić information content (AvgIpc) is 3.11.